The van der Waals surface area contributed by atoms with Gasteiger partial charge in [0.25, 0.3) is 0 Å². The summed E-state index contributed by atoms with van der Waals surface area (Å²) in [6, 6.07) is 5.90. The van der Waals surface area contributed by atoms with Crippen molar-refractivity contribution in [3.63, 3.8) is 0 Å². The fraction of sp³-hybridized carbons (Fsp3) is 0.538. The maximum absolute atomic E-state index is 6.11. The first-order valence-corrected chi connectivity index (χ1v) is 5.56. The highest BCUT2D eigenvalue weighted by Gasteiger charge is 2.11. The first-order valence-electron chi connectivity index (χ1n) is 5.56. The molecule has 1 rings (SSSR count). The third-order valence-corrected chi connectivity index (χ3v) is 2.56. The number of benzene rings is 1. The maximum Gasteiger partial charge on any atom is 0.161 e. The molecule has 0 saturated heterocycles. The van der Waals surface area contributed by atoms with Crippen LogP contribution in [-0.2, 0) is 0 Å². The predicted molar refractivity (Wildman–Crippen MR) is 73.2 cm³/mol. The number of rotatable bonds is 5. The second-order valence-electron chi connectivity index (χ2n) is 4.35. The third kappa shape index (κ3) is 4.44. The van der Waals surface area contributed by atoms with E-state index in [1.165, 1.54) is 0 Å². The Balaban J connectivity index is 0.00000256. The normalized spacial score (nSPS) is 11.9. The lowest BCUT2D eigenvalue weighted by Crippen LogP contribution is -2.13. The van der Waals surface area contributed by atoms with Crippen molar-refractivity contribution in [1.82, 2.24) is 0 Å². The van der Waals surface area contributed by atoms with Gasteiger partial charge in [0.2, 0.25) is 0 Å². The summed E-state index contributed by atoms with van der Waals surface area (Å²) < 4.78 is 10.4. The minimum absolute atomic E-state index is 0. The summed E-state index contributed by atoms with van der Waals surface area (Å²) in [6.45, 7) is 4.33. The largest absolute Gasteiger partial charge is 0.493 e. The lowest BCUT2D eigenvalue weighted by Gasteiger charge is -2.16. The molecule has 0 radical (unpaired) electrons. The van der Waals surface area contributed by atoms with Crippen LogP contribution in [0.1, 0.15) is 31.9 Å². The van der Waals surface area contributed by atoms with Crippen LogP contribution < -0.4 is 15.2 Å². The van der Waals surface area contributed by atoms with Crippen molar-refractivity contribution in [2.24, 2.45) is 11.7 Å². The second kappa shape index (κ2) is 7.41. The molecule has 0 heterocycles. The molecule has 0 fully saturated rings. The predicted octanol–water partition coefficient (Wildman–Crippen LogP) is 3.17. The van der Waals surface area contributed by atoms with E-state index in [0.29, 0.717) is 5.92 Å². The van der Waals surface area contributed by atoms with E-state index >= 15 is 0 Å². The van der Waals surface area contributed by atoms with Crippen molar-refractivity contribution in [3.05, 3.63) is 23.8 Å². The molecule has 3 nitrogen and oxygen atoms in total. The van der Waals surface area contributed by atoms with Gasteiger partial charge in [-0.05, 0) is 30.0 Å². The average Bonchev–Trinajstić information content (AvgIpc) is 2.27. The molecule has 0 aromatic heterocycles. The minimum atomic E-state index is 0. The highest BCUT2D eigenvalue weighted by Crippen LogP contribution is 2.30. The van der Waals surface area contributed by atoms with Crippen LogP contribution in [0.15, 0.2) is 18.2 Å². The van der Waals surface area contributed by atoms with E-state index in [9.17, 15) is 0 Å². The van der Waals surface area contributed by atoms with Gasteiger partial charge in [0.05, 0.1) is 14.2 Å². The van der Waals surface area contributed by atoms with E-state index in [1.807, 2.05) is 18.2 Å². The van der Waals surface area contributed by atoms with Crippen molar-refractivity contribution >= 4 is 12.4 Å². The van der Waals surface area contributed by atoms with E-state index < -0.39 is 0 Å². The Bertz CT molecular complexity index is 342. The van der Waals surface area contributed by atoms with Crippen LogP contribution in [0.5, 0.6) is 11.5 Å². The Morgan fingerprint density at radius 1 is 1.12 bits per heavy atom. The summed E-state index contributed by atoms with van der Waals surface area (Å²) >= 11 is 0. The summed E-state index contributed by atoms with van der Waals surface area (Å²) in [7, 11) is 3.27. The van der Waals surface area contributed by atoms with Gasteiger partial charge in [0.1, 0.15) is 0 Å². The van der Waals surface area contributed by atoms with Gasteiger partial charge in [-0.1, -0.05) is 19.9 Å². The molecule has 0 amide bonds. The fourth-order valence-electron chi connectivity index (χ4n) is 1.73. The average molecular weight is 260 g/mol. The Morgan fingerprint density at radius 3 is 2.18 bits per heavy atom. The zero-order valence-corrected chi connectivity index (χ0v) is 11.7. The van der Waals surface area contributed by atoms with Crippen LogP contribution in [0.2, 0.25) is 0 Å². The van der Waals surface area contributed by atoms with Gasteiger partial charge in [-0.3, -0.25) is 0 Å². The van der Waals surface area contributed by atoms with Gasteiger partial charge in [-0.15, -0.1) is 12.4 Å². The first kappa shape index (κ1) is 16.1. The number of hydrogen-bond donors (Lipinski definition) is 1. The topological polar surface area (TPSA) is 44.5 Å². The number of methoxy groups -OCH3 is 2. The van der Waals surface area contributed by atoms with Gasteiger partial charge in [0, 0.05) is 6.04 Å². The van der Waals surface area contributed by atoms with Gasteiger partial charge >= 0.3 is 0 Å². The van der Waals surface area contributed by atoms with Crippen LogP contribution in [0.25, 0.3) is 0 Å². The number of nitrogens with two attached hydrogens (primary N) is 1. The summed E-state index contributed by atoms with van der Waals surface area (Å²) in [4.78, 5) is 0. The van der Waals surface area contributed by atoms with Gasteiger partial charge < -0.3 is 15.2 Å². The number of ether oxygens (including phenoxy) is 2. The summed E-state index contributed by atoms with van der Waals surface area (Å²) in [5.74, 6) is 2.06. The maximum atomic E-state index is 6.11. The van der Waals surface area contributed by atoms with Crippen molar-refractivity contribution < 1.29 is 9.47 Å². The third-order valence-electron chi connectivity index (χ3n) is 2.56. The number of halogens is 1. The quantitative estimate of drug-likeness (QED) is 0.883. The molecule has 4 heteroatoms. The van der Waals surface area contributed by atoms with Crippen LogP contribution >= 0.6 is 12.4 Å². The molecule has 17 heavy (non-hydrogen) atoms. The Morgan fingerprint density at radius 2 is 1.71 bits per heavy atom. The zero-order chi connectivity index (χ0) is 12.1. The molecule has 0 aliphatic carbocycles. The summed E-state index contributed by atoms with van der Waals surface area (Å²) in [5.41, 5.74) is 7.20. The summed E-state index contributed by atoms with van der Waals surface area (Å²) in [6.07, 6.45) is 0.968. The molecule has 1 atom stereocenters. The van der Waals surface area contributed by atoms with E-state index in [0.717, 1.165) is 23.5 Å². The Kier molecular flexibility index (Phi) is 7.00. The molecular formula is C13H22ClNO2. The molecule has 0 bridgehead atoms. The van der Waals surface area contributed by atoms with E-state index in [4.69, 9.17) is 15.2 Å². The molecular weight excluding hydrogens is 238 g/mol. The smallest absolute Gasteiger partial charge is 0.161 e. The first-order chi connectivity index (χ1) is 7.58. The van der Waals surface area contributed by atoms with E-state index in [-0.39, 0.29) is 18.4 Å². The van der Waals surface area contributed by atoms with E-state index in [1.54, 1.807) is 14.2 Å². The van der Waals surface area contributed by atoms with Crippen LogP contribution in [0.3, 0.4) is 0 Å². The zero-order valence-electron chi connectivity index (χ0n) is 10.9. The van der Waals surface area contributed by atoms with Crippen LogP contribution in [0, 0.1) is 5.92 Å². The lowest BCUT2D eigenvalue weighted by molar-refractivity contribution is 0.354. The second-order valence-corrected chi connectivity index (χ2v) is 4.35. The molecule has 0 saturated carbocycles. The van der Waals surface area contributed by atoms with E-state index in [2.05, 4.69) is 13.8 Å². The molecule has 0 aliphatic heterocycles. The molecule has 1 aromatic rings. The minimum Gasteiger partial charge on any atom is -0.493 e. The SMILES string of the molecule is COc1ccc([C@H](N)CC(C)C)cc1OC.Cl. The molecule has 1 aromatic carbocycles. The van der Waals surface area contributed by atoms with Crippen molar-refractivity contribution in [2.45, 2.75) is 26.3 Å². The lowest BCUT2D eigenvalue weighted by atomic mass is 9.97. The Hall–Kier alpha value is -0.930. The monoisotopic (exact) mass is 259 g/mol. The standard InChI is InChI=1S/C13H21NO2.ClH/c1-9(2)7-11(14)10-5-6-12(15-3)13(8-10)16-4;/h5-6,8-9,11H,7,14H2,1-4H3;1H/t11-;/m1./s1. The number of hydrogen-bond acceptors (Lipinski definition) is 3. The summed E-state index contributed by atoms with van der Waals surface area (Å²) in [5, 5.41) is 0. The highest BCUT2D eigenvalue weighted by atomic mass is 35.5. The van der Waals surface area contributed by atoms with Crippen molar-refractivity contribution in [1.29, 1.82) is 0 Å². The van der Waals surface area contributed by atoms with Gasteiger partial charge in [-0.25, -0.2) is 0 Å². The van der Waals surface area contributed by atoms with Crippen LogP contribution in [-0.4, -0.2) is 14.2 Å². The van der Waals surface area contributed by atoms with Crippen molar-refractivity contribution in [3.8, 4) is 11.5 Å². The molecule has 0 unspecified atom stereocenters. The van der Waals surface area contributed by atoms with Crippen molar-refractivity contribution in [2.75, 3.05) is 14.2 Å². The highest BCUT2D eigenvalue weighted by molar-refractivity contribution is 5.85. The molecule has 0 aliphatic rings. The fourth-order valence-corrected chi connectivity index (χ4v) is 1.73. The Labute approximate surface area is 110 Å². The van der Waals surface area contributed by atoms with Gasteiger partial charge in [0.15, 0.2) is 11.5 Å². The van der Waals surface area contributed by atoms with Crippen LogP contribution in [0.4, 0.5) is 0 Å². The molecule has 2 N–H and O–H groups in total. The molecule has 98 valence electrons. The van der Waals surface area contributed by atoms with Gasteiger partial charge in [-0.2, -0.15) is 0 Å². The molecule has 0 spiro atoms.